The summed E-state index contributed by atoms with van der Waals surface area (Å²) in [6, 6.07) is 0. The van der Waals surface area contributed by atoms with E-state index in [9.17, 15) is 9.59 Å². The predicted octanol–water partition coefficient (Wildman–Crippen LogP) is 2.05. The molecule has 1 aromatic heterocycles. The molecule has 1 aromatic rings. The number of amides is 1. The van der Waals surface area contributed by atoms with Gasteiger partial charge in [0.1, 0.15) is 5.01 Å². The van der Waals surface area contributed by atoms with Gasteiger partial charge in [0.15, 0.2) is 5.69 Å². The van der Waals surface area contributed by atoms with E-state index < -0.39 is 11.5 Å². The number of esters is 1. The maximum atomic E-state index is 12.0. The highest BCUT2D eigenvalue weighted by atomic mass is 35.5. The SMILES string of the molecule is CCOC(=O)c1csc(CNC(=O)C2(N)CCCC2)n1.Cl.Cl. The number of rotatable bonds is 5. The Morgan fingerprint density at radius 3 is 2.64 bits per heavy atom. The standard InChI is InChI=1S/C13H19N3O3S.2ClH/c1-2-19-11(17)9-8-20-10(16-9)7-15-12(18)13(14)5-3-4-6-13;;/h8H,2-7,14H2,1H3,(H,15,18);2*1H. The number of nitrogens with zero attached hydrogens (tertiary/aromatic N) is 1. The highest BCUT2D eigenvalue weighted by molar-refractivity contribution is 7.09. The molecule has 3 N–H and O–H groups in total. The topological polar surface area (TPSA) is 94.3 Å². The lowest BCUT2D eigenvalue weighted by Gasteiger charge is -2.21. The van der Waals surface area contributed by atoms with Crippen LogP contribution in [0.4, 0.5) is 0 Å². The number of hydrogen-bond acceptors (Lipinski definition) is 6. The van der Waals surface area contributed by atoms with Gasteiger partial charge < -0.3 is 15.8 Å². The van der Waals surface area contributed by atoms with Crippen molar-refractivity contribution in [1.82, 2.24) is 10.3 Å². The molecule has 1 saturated carbocycles. The maximum absolute atomic E-state index is 12.0. The number of hydrogen-bond donors (Lipinski definition) is 2. The Kier molecular flexibility index (Phi) is 8.92. The van der Waals surface area contributed by atoms with Crippen molar-refractivity contribution in [3.8, 4) is 0 Å². The second-order valence-corrected chi connectivity index (χ2v) is 5.84. The molecule has 9 heteroatoms. The van der Waals surface area contributed by atoms with Gasteiger partial charge in [0.25, 0.3) is 0 Å². The highest BCUT2D eigenvalue weighted by Gasteiger charge is 2.36. The minimum absolute atomic E-state index is 0. The minimum atomic E-state index is -0.735. The zero-order valence-electron chi connectivity index (χ0n) is 12.3. The summed E-state index contributed by atoms with van der Waals surface area (Å²) in [6.45, 7) is 2.35. The van der Waals surface area contributed by atoms with E-state index in [1.807, 2.05) is 0 Å². The molecule has 22 heavy (non-hydrogen) atoms. The fourth-order valence-corrected chi connectivity index (χ4v) is 2.96. The van der Waals surface area contributed by atoms with Crippen molar-refractivity contribution in [3.05, 3.63) is 16.1 Å². The van der Waals surface area contributed by atoms with Gasteiger partial charge in [-0.25, -0.2) is 9.78 Å². The highest BCUT2D eigenvalue weighted by Crippen LogP contribution is 2.27. The molecule has 0 saturated heterocycles. The number of thiazole rings is 1. The van der Waals surface area contributed by atoms with Crippen LogP contribution in [0.1, 0.15) is 48.1 Å². The van der Waals surface area contributed by atoms with Gasteiger partial charge in [-0.15, -0.1) is 36.2 Å². The van der Waals surface area contributed by atoms with Gasteiger partial charge in [-0.1, -0.05) is 12.8 Å². The number of nitrogens with one attached hydrogen (secondary N) is 1. The number of ether oxygens (including phenoxy) is 1. The third-order valence-corrected chi connectivity index (χ3v) is 4.23. The predicted molar refractivity (Wildman–Crippen MR) is 89.8 cm³/mol. The van der Waals surface area contributed by atoms with Gasteiger partial charge in [-0.05, 0) is 19.8 Å². The molecule has 6 nitrogen and oxygen atoms in total. The van der Waals surface area contributed by atoms with Crippen LogP contribution in [0.3, 0.4) is 0 Å². The van der Waals surface area contributed by atoms with E-state index in [2.05, 4.69) is 10.3 Å². The minimum Gasteiger partial charge on any atom is -0.461 e. The van der Waals surface area contributed by atoms with Crippen molar-refractivity contribution in [2.45, 2.75) is 44.7 Å². The molecular weight excluding hydrogens is 349 g/mol. The Labute approximate surface area is 146 Å². The molecule has 2 rings (SSSR count). The van der Waals surface area contributed by atoms with Crippen LogP contribution in [0.25, 0.3) is 0 Å². The maximum Gasteiger partial charge on any atom is 0.357 e. The van der Waals surface area contributed by atoms with Crippen LogP contribution < -0.4 is 11.1 Å². The van der Waals surface area contributed by atoms with E-state index in [0.29, 0.717) is 18.2 Å². The summed E-state index contributed by atoms with van der Waals surface area (Å²) in [5.41, 5.74) is 5.60. The lowest BCUT2D eigenvalue weighted by atomic mass is 9.98. The van der Waals surface area contributed by atoms with E-state index in [4.69, 9.17) is 10.5 Å². The van der Waals surface area contributed by atoms with Crippen molar-refractivity contribution in [3.63, 3.8) is 0 Å². The average Bonchev–Trinajstić information content (AvgIpc) is 3.06. The fourth-order valence-electron chi connectivity index (χ4n) is 2.26. The summed E-state index contributed by atoms with van der Waals surface area (Å²) in [7, 11) is 0. The molecule has 1 heterocycles. The molecule has 1 aliphatic rings. The number of carbonyl (C=O) groups is 2. The van der Waals surface area contributed by atoms with Gasteiger partial charge >= 0.3 is 5.97 Å². The van der Waals surface area contributed by atoms with E-state index >= 15 is 0 Å². The fraction of sp³-hybridized carbons (Fsp3) is 0.615. The molecular formula is C13H21Cl2N3O3S. The molecule has 0 atom stereocenters. The van der Waals surface area contributed by atoms with Crippen LogP contribution in [0, 0.1) is 0 Å². The number of nitrogens with two attached hydrogens (primary N) is 1. The number of halogens is 2. The lowest BCUT2D eigenvalue weighted by Crippen LogP contribution is -2.51. The molecule has 1 fully saturated rings. The normalized spacial score (nSPS) is 15.4. The van der Waals surface area contributed by atoms with Crippen molar-refractivity contribution in [1.29, 1.82) is 0 Å². The first-order valence-corrected chi connectivity index (χ1v) is 7.62. The first-order chi connectivity index (χ1) is 9.55. The Bertz CT molecular complexity index is 504. The van der Waals surface area contributed by atoms with E-state index in [-0.39, 0.29) is 36.4 Å². The average molecular weight is 370 g/mol. The van der Waals surface area contributed by atoms with Crippen LogP contribution in [0.15, 0.2) is 5.38 Å². The molecule has 0 radical (unpaired) electrons. The van der Waals surface area contributed by atoms with Gasteiger partial charge in [-0.2, -0.15) is 0 Å². The van der Waals surface area contributed by atoms with Gasteiger partial charge in [-0.3, -0.25) is 4.79 Å². The van der Waals surface area contributed by atoms with Gasteiger partial charge in [0.2, 0.25) is 5.91 Å². The quantitative estimate of drug-likeness (QED) is 0.774. The Morgan fingerprint density at radius 1 is 1.41 bits per heavy atom. The van der Waals surface area contributed by atoms with Gasteiger partial charge in [0, 0.05) is 5.38 Å². The monoisotopic (exact) mass is 369 g/mol. The zero-order valence-corrected chi connectivity index (χ0v) is 14.7. The zero-order chi connectivity index (χ0) is 14.6. The second kappa shape index (κ2) is 9.29. The first kappa shape index (κ1) is 21.1. The largest absolute Gasteiger partial charge is 0.461 e. The van der Waals surface area contributed by atoms with Crippen LogP contribution in [0.5, 0.6) is 0 Å². The van der Waals surface area contributed by atoms with Crippen LogP contribution in [0.2, 0.25) is 0 Å². The summed E-state index contributed by atoms with van der Waals surface area (Å²) in [6.07, 6.45) is 3.44. The lowest BCUT2D eigenvalue weighted by molar-refractivity contribution is -0.126. The summed E-state index contributed by atoms with van der Waals surface area (Å²) >= 11 is 1.32. The Hall–Kier alpha value is -0.890. The van der Waals surface area contributed by atoms with E-state index in [0.717, 1.165) is 25.7 Å². The third kappa shape index (κ3) is 5.08. The first-order valence-electron chi connectivity index (χ1n) is 6.74. The van der Waals surface area contributed by atoms with Crippen molar-refractivity contribution < 1.29 is 14.3 Å². The summed E-state index contributed by atoms with van der Waals surface area (Å²) in [5, 5.41) is 5.10. The van der Waals surface area contributed by atoms with Gasteiger partial charge in [0.05, 0.1) is 18.7 Å². The molecule has 0 spiro atoms. The molecule has 126 valence electrons. The number of aromatic nitrogens is 1. The molecule has 1 aliphatic carbocycles. The summed E-state index contributed by atoms with van der Waals surface area (Å²) in [5.74, 6) is -0.574. The van der Waals surface area contributed by atoms with E-state index in [1.54, 1.807) is 12.3 Å². The summed E-state index contributed by atoms with van der Waals surface area (Å²) in [4.78, 5) is 27.6. The molecule has 0 unspecified atom stereocenters. The van der Waals surface area contributed by atoms with Crippen LogP contribution in [-0.4, -0.2) is 29.0 Å². The molecule has 0 aliphatic heterocycles. The summed E-state index contributed by atoms with van der Waals surface area (Å²) < 4.78 is 4.86. The smallest absolute Gasteiger partial charge is 0.357 e. The van der Waals surface area contributed by atoms with Crippen molar-refractivity contribution in [2.24, 2.45) is 5.73 Å². The Balaban J connectivity index is 0.00000220. The molecule has 0 aromatic carbocycles. The van der Waals surface area contributed by atoms with Crippen molar-refractivity contribution >= 4 is 48.0 Å². The third-order valence-electron chi connectivity index (χ3n) is 3.38. The molecule has 1 amide bonds. The van der Waals surface area contributed by atoms with Crippen LogP contribution in [-0.2, 0) is 16.1 Å². The van der Waals surface area contributed by atoms with E-state index in [1.165, 1.54) is 11.3 Å². The second-order valence-electron chi connectivity index (χ2n) is 4.89. The number of carbonyl (C=O) groups excluding carboxylic acids is 2. The Morgan fingerprint density at radius 2 is 2.05 bits per heavy atom. The van der Waals surface area contributed by atoms with Crippen molar-refractivity contribution in [2.75, 3.05) is 6.61 Å². The molecule has 0 bridgehead atoms. The van der Waals surface area contributed by atoms with Crippen LogP contribution >= 0.6 is 36.2 Å².